The largest absolute Gasteiger partial charge is 0.292 e. The van der Waals surface area contributed by atoms with Gasteiger partial charge in [-0.25, -0.2) is 0 Å². The van der Waals surface area contributed by atoms with Crippen molar-refractivity contribution in [2.45, 2.75) is 19.8 Å². The van der Waals surface area contributed by atoms with E-state index in [-0.39, 0.29) is 5.78 Å². The third-order valence-corrected chi connectivity index (χ3v) is 3.58. The van der Waals surface area contributed by atoms with Crippen molar-refractivity contribution in [1.82, 2.24) is 14.8 Å². The number of carbonyl (C=O) groups excluding carboxylic acids is 1. The minimum Gasteiger partial charge on any atom is -0.292 e. The number of nitrogens with zero attached hydrogens (tertiary/aromatic N) is 3. The number of hydrogen-bond acceptors (Lipinski definition) is 3. The van der Waals surface area contributed by atoms with Crippen molar-refractivity contribution in [2.24, 2.45) is 7.05 Å². The molecule has 3 rings (SSSR count). The molecule has 4 heteroatoms. The van der Waals surface area contributed by atoms with Crippen LogP contribution in [0.25, 0.3) is 10.9 Å². The van der Waals surface area contributed by atoms with Gasteiger partial charge in [0, 0.05) is 18.1 Å². The number of carbonyl (C=O) groups is 1. The molecule has 3 aromatic rings. The molecule has 0 spiro atoms. The average molecular weight is 279 g/mol. The first-order valence-electron chi connectivity index (χ1n) is 7.08. The highest BCUT2D eigenvalue weighted by atomic mass is 16.1. The van der Waals surface area contributed by atoms with E-state index in [1.165, 1.54) is 0 Å². The second-order valence-corrected chi connectivity index (χ2v) is 5.09. The summed E-state index contributed by atoms with van der Waals surface area (Å²) < 4.78 is 1.65. The second kappa shape index (κ2) is 5.48. The zero-order valence-electron chi connectivity index (χ0n) is 12.2. The Morgan fingerprint density at radius 1 is 1.14 bits per heavy atom. The molecule has 0 saturated carbocycles. The molecule has 0 aliphatic rings. The van der Waals surface area contributed by atoms with Gasteiger partial charge in [-0.05, 0) is 24.6 Å². The molecule has 2 aromatic heterocycles. The van der Waals surface area contributed by atoms with Gasteiger partial charge < -0.3 is 0 Å². The minimum absolute atomic E-state index is 0.0486. The first kappa shape index (κ1) is 13.5. The van der Waals surface area contributed by atoms with Crippen LogP contribution in [0.3, 0.4) is 0 Å². The van der Waals surface area contributed by atoms with Crippen molar-refractivity contribution in [2.75, 3.05) is 0 Å². The summed E-state index contributed by atoms with van der Waals surface area (Å²) in [5.41, 5.74) is 3.29. The molecule has 0 radical (unpaired) electrons. The van der Waals surface area contributed by atoms with E-state index in [0.29, 0.717) is 12.1 Å². The SMILES string of the molecule is CCc1cc(C(=O)Cc2ccc3ccccc3n2)n(C)n1. The van der Waals surface area contributed by atoms with E-state index in [9.17, 15) is 4.79 Å². The molecule has 0 unspecified atom stereocenters. The van der Waals surface area contributed by atoms with E-state index in [2.05, 4.69) is 10.1 Å². The van der Waals surface area contributed by atoms with Crippen molar-refractivity contribution < 1.29 is 4.79 Å². The number of ketones is 1. The molecule has 0 atom stereocenters. The Morgan fingerprint density at radius 3 is 2.71 bits per heavy atom. The molecule has 0 aliphatic carbocycles. The second-order valence-electron chi connectivity index (χ2n) is 5.09. The van der Waals surface area contributed by atoms with E-state index < -0.39 is 0 Å². The van der Waals surface area contributed by atoms with E-state index in [1.54, 1.807) is 11.7 Å². The Bertz CT molecular complexity index is 805. The molecule has 4 nitrogen and oxygen atoms in total. The predicted molar refractivity (Wildman–Crippen MR) is 82.4 cm³/mol. The molecule has 106 valence electrons. The Morgan fingerprint density at radius 2 is 1.95 bits per heavy atom. The van der Waals surface area contributed by atoms with Crippen LogP contribution in [0.1, 0.15) is 28.8 Å². The molecule has 0 N–H and O–H groups in total. The average Bonchev–Trinajstić information content (AvgIpc) is 2.88. The van der Waals surface area contributed by atoms with E-state index in [1.807, 2.05) is 49.4 Å². The van der Waals surface area contributed by atoms with Crippen molar-refractivity contribution in [3.63, 3.8) is 0 Å². The van der Waals surface area contributed by atoms with Gasteiger partial charge in [0.2, 0.25) is 0 Å². The Hall–Kier alpha value is -2.49. The van der Waals surface area contributed by atoms with Crippen LogP contribution in [0, 0.1) is 0 Å². The molecule has 1 aromatic carbocycles. The third kappa shape index (κ3) is 2.70. The monoisotopic (exact) mass is 279 g/mol. The van der Waals surface area contributed by atoms with E-state index in [4.69, 9.17) is 0 Å². The maximum atomic E-state index is 12.4. The number of fused-ring (bicyclic) bond motifs is 1. The molecule has 0 fully saturated rings. The van der Waals surface area contributed by atoms with Crippen LogP contribution in [0.2, 0.25) is 0 Å². The smallest absolute Gasteiger partial charge is 0.186 e. The van der Waals surface area contributed by atoms with Crippen LogP contribution in [0.15, 0.2) is 42.5 Å². The molecule has 0 aliphatic heterocycles. The third-order valence-electron chi connectivity index (χ3n) is 3.58. The minimum atomic E-state index is 0.0486. The number of hydrogen-bond donors (Lipinski definition) is 0. The zero-order valence-corrected chi connectivity index (χ0v) is 12.2. The Balaban J connectivity index is 1.87. The fourth-order valence-corrected chi connectivity index (χ4v) is 2.42. The molecule has 0 bridgehead atoms. The summed E-state index contributed by atoms with van der Waals surface area (Å²) in [6, 6.07) is 13.7. The molecule has 0 saturated heterocycles. The predicted octanol–water partition coefficient (Wildman–Crippen LogP) is 2.96. The van der Waals surface area contributed by atoms with Gasteiger partial charge in [-0.2, -0.15) is 5.10 Å². The molecular formula is C17H17N3O. The van der Waals surface area contributed by atoms with Crippen LogP contribution in [0.5, 0.6) is 0 Å². The van der Waals surface area contributed by atoms with Gasteiger partial charge in [-0.1, -0.05) is 31.2 Å². The van der Waals surface area contributed by atoms with Crippen LogP contribution in [-0.2, 0) is 19.9 Å². The first-order chi connectivity index (χ1) is 10.2. The maximum Gasteiger partial charge on any atom is 0.186 e. The summed E-state index contributed by atoms with van der Waals surface area (Å²) in [4.78, 5) is 16.9. The van der Waals surface area contributed by atoms with Crippen LogP contribution in [0.4, 0.5) is 0 Å². The lowest BCUT2D eigenvalue weighted by molar-refractivity contribution is 0.0983. The van der Waals surface area contributed by atoms with Gasteiger partial charge in [-0.15, -0.1) is 0 Å². The highest BCUT2D eigenvalue weighted by molar-refractivity contribution is 5.96. The summed E-state index contributed by atoms with van der Waals surface area (Å²) in [5.74, 6) is 0.0486. The maximum absolute atomic E-state index is 12.4. The van der Waals surface area contributed by atoms with Gasteiger partial charge in [-0.3, -0.25) is 14.5 Å². The van der Waals surface area contributed by atoms with Gasteiger partial charge in [0.05, 0.1) is 17.6 Å². The lowest BCUT2D eigenvalue weighted by atomic mass is 10.1. The Labute approximate surface area is 123 Å². The molecule has 0 amide bonds. The topological polar surface area (TPSA) is 47.8 Å². The number of pyridine rings is 1. The van der Waals surface area contributed by atoms with Crippen LogP contribution in [-0.4, -0.2) is 20.5 Å². The quantitative estimate of drug-likeness (QED) is 0.690. The molecule has 21 heavy (non-hydrogen) atoms. The van der Waals surface area contributed by atoms with E-state index in [0.717, 1.165) is 28.7 Å². The van der Waals surface area contributed by atoms with E-state index >= 15 is 0 Å². The fraction of sp³-hybridized carbons (Fsp3) is 0.235. The van der Waals surface area contributed by atoms with Crippen molar-refractivity contribution in [3.8, 4) is 0 Å². The first-order valence-corrected chi connectivity index (χ1v) is 7.08. The van der Waals surface area contributed by atoms with Gasteiger partial charge >= 0.3 is 0 Å². The lowest BCUT2D eigenvalue weighted by Gasteiger charge is -2.03. The summed E-state index contributed by atoms with van der Waals surface area (Å²) in [6.45, 7) is 2.03. The van der Waals surface area contributed by atoms with Crippen molar-refractivity contribution >= 4 is 16.7 Å². The normalized spacial score (nSPS) is 11.0. The number of aromatic nitrogens is 3. The standard InChI is InChI=1S/C17H17N3O/c1-3-13-10-16(20(2)19-13)17(21)11-14-9-8-12-6-4-5-7-15(12)18-14/h4-10H,3,11H2,1-2H3. The Kier molecular flexibility index (Phi) is 3.52. The lowest BCUT2D eigenvalue weighted by Crippen LogP contribution is -2.10. The van der Waals surface area contributed by atoms with Gasteiger partial charge in [0.15, 0.2) is 5.78 Å². The fourth-order valence-electron chi connectivity index (χ4n) is 2.42. The van der Waals surface area contributed by atoms with Gasteiger partial charge in [0.25, 0.3) is 0 Å². The number of rotatable bonds is 4. The summed E-state index contributed by atoms with van der Waals surface area (Å²) >= 11 is 0. The number of Topliss-reactive ketones (excluding diaryl/α,β-unsaturated/α-hetero) is 1. The summed E-state index contributed by atoms with van der Waals surface area (Å²) in [7, 11) is 1.81. The highest BCUT2D eigenvalue weighted by Gasteiger charge is 2.14. The zero-order chi connectivity index (χ0) is 14.8. The number of benzene rings is 1. The van der Waals surface area contributed by atoms with Gasteiger partial charge in [0.1, 0.15) is 5.69 Å². The highest BCUT2D eigenvalue weighted by Crippen LogP contribution is 2.14. The van der Waals surface area contributed by atoms with Crippen molar-refractivity contribution in [1.29, 1.82) is 0 Å². The summed E-state index contributed by atoms with van der Waals surface area (Å²) in [6.07, 6.45) is 1.13. The number of aryl methyl sites for hydroxylation is 2. The summed E-state index contributed by atoms with van der Waals surface area (Å²) in [5, 5.41) is 5.40. The number of para-hydroxylation sites is 1. The van der Waals surface area contributed by atoms with Crippen LogP contribution < -0.4 is 0 Å². The molecule has 2 heterocycles. The van der Waals surface area contributed by atoms with Crippen LogP contribution >= 0.6 is 0 Å². The van der Waals surface area contributed by atoms with Crippen molar-refractivity contribution in [3.05, 3.63) is 59.5 Å². The molecular weight excluding hydrogens is 262 g/mol.